The van der Waals surface area contributed by atoms with Gasteiger partial charge in [-0.15, -0.1) is 0 Å². The van der Waals surface area contributed by atoms with Gasteiger partial charge in [-0.05, 0) is 5.92 Å². The summed E-state index contributed by atoms with van der Waals surface area (Å²) in [6.07, 6.45) is 3.70. The lowest BCUT2D eigenvalue weighted by Gasteiger charge is -2.28. The molecule has 0 aromatic rings. The largest absolute Gasteiger partial charge is 0.413 e. The predicted molar refractivity (Wildman–Crippen MR) is 58.3 cm³/mol. The van der Waals surface area contributed by atoms with Crippen LogP contribution >= 0.6 is 0 Å². The molecule has 0 spiro atoms. The first-order valence-corrected chi connectivity index (χ1v) is 7.04. The number of carbonyl (C=O) groups is 1. The molecule has 7 heteroatoms. The van der Waals surface area contributed by atoms with Crippen molar-refractivity contribution >= 4 is 16.1 Å². The van der Waals surface area contributed by atoms with E-state index in [1.807, 2.05) is 0 Å². The second kappa shape index (κ2) is 5.30. The standard InChI is InChI=1S/C10H17FO5S/c1-8(12)16-10(11,17(13,14)15)7-9-5-3-2-4-6-9/h9H,2-7H2,1H3,(H,13,14,15). The van der Waals surface area contributed by atoms with E-state index in [9.17, 15) is 17.6 Å². The van der Waals surface area contributed by atoms with Crippen LogP contribution < -0.4 is 0 Å². The molecule has 5 nitrogen and oxygen atoms in total. The third-order valence-corrected chi connectivity index (χ3v) is 3.96. The van der Waals surface area contributed by atoms with Crippen LogP contribution in [0.1, 0.15) is 45.4 Å². The van der Waals surface area contributed by atoms with E-state index in [0.29, 0.717) is 12.8 Å². The summed E-state index contributed by atoms with van der Waals surface area (Å²) in [7, 11) is -5.07. The number of rotatable bonds is 4. The summed E-state index contributed by atoms with van der Waals surface area (Å²) in [4.78, 5) is 10.7. The minimum Gasteiger partial charge on any atom is -0.413 e. The van der Waals surface area contributed by atoms with Gasteiger partial charge in [0.05, 0.1) is 0 Å². The molecule has 1 saturated carbocycles. The summed E-state index contributed by atoms with van der Waals surface area (Å²) >= 11 is 0. The number of ether oxygens (including phenoxy) is 1. The SMILES string of the molecule is CC(=O)OC(F)(CC1CCCCC1)S(=O)(=O)O. The van der Waals surface area contributed by atoms with Crippen LogP contribution in [-0.4, -0.2) is 24.1 Å². The maximum Gasteiger partial charge on any atom is 0.377 e. The van der Waals surface area contributed by atoms with Crippen LogP contribution in [0.2, 0.25) is 0 Å². The Bertz CT molecular complexity index is 374. The molecule has 17 heavy (non-hydrogen) atoms. The van der Waals surface area contributed by atoms with E-state index >= 15 is 0 Å². The third-order valence-electron chi connectivity index (χ3n) is 2.94. The summed E-state index contributed by atoms with van der Waals surface area (Å²) in [5, 5.41) is -3.30. The molecule has 0 saturated heterocycles. The summed E-state index contributed by atoms with van der Waals surface area (Å²) in [5.74, 6) is -1.25. The van der Waals surface area contributed by atoms with Gasteiger partial charge in [0.1, 0.15) is 0 Å². The van der Waals surface area contributed by atoms with Crippen LogP contribution in [0.3, 0.4) is 0 Å². The normalized spacial score (nSPS) is 21.8. The van der Waals surface area contributed by atoms with Gasteiger partial charge in [-0.1, -0.05) is 32.1 Å². The highest BCUT2D eigenvalue weighted by Crippen LogP contribution is 2.35. The van der Waals surface area contributed by atoms with Gasteiger partial charge < -0.3 is 4.74 Å². The minimum absolute atomic E-state index is 0.185. The van der Waals surface area contributed by atoms with E-state index < -0.39 is 27.7 Å². The minimum atomic E-state index is -5.07. The maximum atomic E-state index is 14.1. The number of hydrogen-bond acceptors (Lipinski definition) is 4. The van der Waals surface area contributed by atoms with Crippen LogP contribution in [0.15, 0.2) is 0 Å². The summed E-state index contributed by atoms with van der Waals surface area (Å²) in [6.45, 7) is 0.903. The molecular formula is C10H17FO5S. The fraction of sp³-hybridized carbons (Fsp3) is 0.900. The van der Waals surface area contributed by atoms with Crippen molar-refractivity contribution in [1.82, 2.24) is 0 Å². The highest BCUT2D eigenvalue weighted by atomic mass is 32.2. The summed E-state index contributed by atoms with van der Waals surface area (Å²) in [6, 6.07) is 0. The zero-order valence-corrected chi connectivity index (χ0v) is 10.5. The van der Waals surface area contributed by atoms with Gasteiger partial charge in [0.2, 0.25) is 0 Å². The number of carbonyl (C=O) groups excluding carboxylic acids is 1. The molecule has 0 heterocycles. The van der Waals surface area contributed by atoms with Crippen molar-refractivity contribution in [3.05, 3.63) is 0 Å². The van der Waals surface area contributed by atoms with Crippen molar-refractivity contribution < 1.29 is 26.9 Å². The average Bonchev–Trinajstić information content (AvgIpc) is 2.15. The van der Waals surface area contributed by atoms with Gasteiger partial charge in [-0.3, -0.25) is 9.35 Å². The van der Waals surface area contributed by atoms with Gasteiger partial charge >= 0.3 is 21.3 Å². The van der Waals surface area contributed by atoms with Crippen LogP contribution in [0.25, 0.3) is 0 Å². The fourth-order valence-electron chi connectivity index (χ4n) is 2.15. The van der Waals surface area contributed by atoms with Crippen molar-refractivity contribution in [2.75, 3.05) is 0 Å². The quantitative estimate of drug-likeness (QED) is 0.623. The molecule has 1 rings (SSSR count). The van der Waals surface area contributed by atoms with Gasteiger partial charge in [-0.25, -0.2) is 0 Å². The molecule has 0 amide bonds. The van der Waals surface area contributed by atoms with Crippen molar-refractivity contribution in [2.45, 2.75) is 50.6 Å². The predicted octanol–water partition coefficient (Wildman–Crippen LogP) is 2.03. The topological polar surface area (TPSA) is 80.7 Å². The smallest absolute Gasteiger partial charge is 0.377 e. The Morgan fingerprint density at radius 1 is 1.41 bits per heavy atom. The molecule has 0 aliphatic heterocycles. The molecule has 0 radical (unpaired) electrons. The van der Waals surface area contributed by atoms with Crippen molar-refractivity contribution in [3.8, 4) is 0 Å². The summed E-state index contributed by atoms with van der Waals surface area (Å²) in [5.41, 5.74) is 0. The lowest BCUT2D eigenvalue weighted by Crippen LogP contribution is -2.40. The maximum absolute atomic E-state index is 14.1. The van der Waals surface area contributed by atoms with E-state index in [1.54, 1.807) is 0 Å². The van der Waals surface area contributed by atoms with Gasteiger partial charge in [0.25, 0.3) is 0 Å². The molecular weight excluding hydrogens is 251 g/mol. The Morgan fingerprint density at radius 2 is 1.94 bits per heavy atom. The van der Waals surface area contributed by atoms with E-state index in [-0.39, 0.29) is 5.92 Å². The van der Waals surface area contributed by atoms with Crippen molar-refractivity contribution in [2.24, 2.45) is 5.92 Å². The van der Waals surface area contributed by atoms with Crippen molar-refractivity contribution in [1.29, 1.82) is 0 Å². The number of halogens is 1. The van der Waals surface area contributed by atoms with Gasteiger partial charge in [0.15, 0.2) is 0 Å². The lowest BCUT2D eigenvalue weighted by molar-refractivity contribution is -0.165. The Hall–Kier alpha value is -0.690. The second-order valence-corrected chi connectivity index (χ2v) is 6.00. The molecule has 1 fully saturated rings. The first-order valence-electron chi connectivity index (χ1n) is 5.60. The average molecular weight is 268 g/mol. The van der Waals surface area contributed by atoms with E-state index in [1.165, 1.54) is 0 Å². The van der Waals surface area contributed by atoms with E-state index in [2.05, 4.69) is 4.74 Å². The monoisotopic (exact) mass is 268 g/mol. The second-order valence-electron chi connectivity index (χ2n) is 4.44. The molecule has 1 unspecified atom stereocenters. The highest BCUT2D eigenvalue weighted by molar-refractivity contribution is 7.86. The molecule has 1 aliphatic rings. The third kappa shape index (κ3) is 3.92. The summed E-state index contributed by atoms with van der Waals surface area (Å²) < 4.78 is 49.0. The molecule has 100 valence electrons. The highest BCUT2D eigenvalue weighted by Gasteiger charge is 2.48. The Labute approximate surface area is 100 Å². The Morgan fingerprint density at radius 3 is 2.35 bits per heavy atom. The lowest BCUT2D eigenvalue weighted by atomic mass is 9.87. The first-order chi connectivity index (χ1) is 7.74. The first kappa shape index (κ1) is 14.4. The molecule has 1 N–H and O–H groups in total. The number of hydrogen-bond donors (Lipinski definition) is 1. The molecule has 1 atom stereocenters. The van der Waals surface area contributed by atoms with Crippen LogP contribution in [-0.2, 0) is 19.6 Å². The van der Waals surface area contributed by atoms with Gasteiger partial charge in [-0.2, -0.15) is 12.8 Å². The van der Waals surface area contributed by atoms with Crippen LogP contribution in [0, 0.1) is 5.92 Å². The Balaban J connectivity index is 2.79. The number of esters is 1. The van der Waals surface area contributed by atoms with Gasteiger partial charge in [0, 0.05) is 13.3 Å². The molecule has 1 aliphatic carbocycles. The molecule has 0 bridgehead atoms. The van der Waals surface area contributed by atoms with E-state index in [4.69, 9.17) is 4.55 Å². The number of alkyl halides is 1. The zero-order chi connectivity index (χ0) is 13.1. The zero-order valence-electron chi connectivity index (χ0n) is 9.69. The van der Waals surface area contributed by atoms with Crippen LogP contribution in [0.4, 0.5) is 4.39 Å². The van der Waals surface area contributed by atoms with E-state index in [0.717, 1.165) is 26.2 Å². The molecule has 0 aromatic carbocycles. The Kier molecular flexibility index (Phi) is 4.48. The fourth-order valence-corrected chi connectivity index (χ4v) is 2.82. The van der Waals surface area contributed by atoms with Crippen LogP contribution in [0.5, 0.6) is 0 Å². The molecule has 0 aromatic heterocycles. The van der Waals surface area contributed by atoms with Crippen molar-refractivity contribution in [3.63, 3.8) is 0 Å².